The Labute approximate surface area is 79.2 Å². The summed E-state index contributed by atoms with van der Waals surface area (Å²) in [6.07, 6.45) is 10.6. The summed E-state index contributed by atoms with van der Waals surface area (Å²) in [6.45, 7) is 0. The molecular formula is C12H16O. The summed E-state index contributed by atoms with van der Waals surface area (Å²) in [6, 6.07) is 0. The largest absolute Gasteiger partial charge is 0.299 e. The van der Waals surface area contributed by atoms with Crippen LogP contribution in [0.4, 0.5) is 0 Å². The molecule has 0 amide bonds. The number of carbonyl (C=O) groups is 1. The molecule has 2 fully saturated rings. The quantitative estimate of drug-likeness (QED) is 0.518. The van der Waals surface area contributed by atoms with Gasteiger partial charge in [-0.15, -0.1) is 0 Å². The van der Waals surface area contributed by atoms with Crippen molar-refractivity contribution in [2.24, 2.45) is 23.7 Å². The lowest BCUT2D eigenvalue weighted by atomic mass is 9.57. The molecule has 0 unspecified atom stereocenters. The first-order valence-electron chi connectivity index (χ1n) is 5.57. The van der Waals surface area contributed by atoms with Crippen LogP contribution >= 0.6 is 0 Å². The predicted molar refractivity (Wildman–Crippen MR) is 51.2 cm³/mol. The second-order valence-electron chi connectivity index (χ2n) is 4.84. The first kappa shape index (κ1) is 7.78. The average molecular weight is 176 g/mol. The Hall–Kier alpha value is -0.590. The molecule has 1 nitrogen and oxygen atoms in total. The Kier molecular flexibility index (Phi) is 1.61. The minimum Gasteiger partial charge on any atom is -0.299 e. The second-order valence-corrected chi connectivity index (χ2v) is 4.84. The average Bonchev–Trinajstić information content (AvgIpc) is 2.20. The molecular weight excluding hydrogens is 160 g/mol. The van der Waals surface area contributed by atoms with Gasteiger partial charge in [0.05, 0.1) is 0 Å². The maximum atomic E-state index is 11.8. The maximum Gasteiger partial charge on any atom is 0.136 e. The van der Waals surface area contributed by atoms with Crippen molar-refractivity contribution in [3.8, 4) is 0 Å². The standard InChI is InChI=1S/C12H16O/c13-11-3-1-2-10-8-4-6-9(7-5-8)12(10)11/h4,6,8-10,12H,1-3,5,7H2/t8-,9+,10-,12+/m1/s1. The summed E-state index contributed by atoms with van der Waals surface area (Å²) >= 11 is 0. The number of fused-ring (bicyclic) bond motifs is 1. The van der Waals surface area contributed by atoms with Crippen LogP contribution in [0.15, 0.2) is 12.2 Å². The van der Waals surface area contributed by atoms with Crippen molar-refractivity contribution in [1.29, 1.82) is 0 Å². The molecule has 13 heavy (non-hydrogen) atoms. The lowest BCUT2D eigenvalue weighted by molar-refractivity contribution is -0.131. The molecule has 4 aliphatic rings. The van der Waals surface area contributed by atoms with Crippen LogP contribution in [0.3, 0.4) is 0 Å². The fraction of sp³-hybridized carbons (Fsp3) is 0.750. The second kappa shape index (κ2) is 2.70. The molecule has 0 saturated heterocycles. The Morgan fingerprint density at radius 2 is 1.85 bits per heavy atom. The van der Waals surface area contributed by atoms with Crippen molar-refractivity contribution in [1.82, 2.24) is 0 Å². The van der Waals surface area contributed by atoms with E-state index in [2.05, 4.69) is 12.2 Å². The lowest BCUT2D eigenvalue weighted by Crippen LogP contribution is -2.43. The van der Waals surface area contributed by atoms with E-state index in [1.165, 1.54) is 19.3 Å². The zero-order chi connectivity index (χ0) is 8.84. The van der Waals surface area contributed by atoms with E-state index in [1.54, 1.807) is 0 Å². The molecule has 2 saturated carbocycles. The number of carbonyl (C=O) groups excluding carboxylic acids is 1. The van der Waals surface area contributed by atoms with Gasteiger partial charge in [-0.05, 0) is 43.4 Å². The first-order chi connectivity index (χ1) is 6.36. The summed E-state index contributed by atoms with van der Waals surface area (Å²) < 4.78 is 0. The molecule has 4 rings (SSSR count). The van der Waals surface area contributed by atoms with Gasteiger partial charge in [0.2, 0.25) is 0 Å². The first-order valence-corrected chi connectivity index (χ1v) is 5.57. The minimum absolute atomic E-state index is 0.428. The number of ketones is 1. The number of rotatable bonds is 0. The predicted octanol–water partition coefficient (Wildman–Crippen LogP) is 2.57. The van der Waals surface area contributed by atoms with Crippen LogP contribution in [0.2, 0.25) is 0 Å². The zero-order valence-electron chi connectivity index (χ0n) is 7.91. The van der Waals surface area contributed by atoms with E-state index >= 15 is 0 Å². The van der Waals surface area contributed by atoms with Crippen molar-refractivity contribution >= 4 is 5.78 Å². The third-order valence-corrected chi connectivity index (χ3v) is 4.24. The van der Waals surface area contributed by atoms with Crippen LogP contribution in [0, 0.1) is 23.7 Å². The van der Waals surface area contributed by atoms with Gasteiger partial charge in [-0.1, -0.05) is 12.2 Å². The topological polar surface area (TPSA) is 17.1 Å². The fourth-order valence-corrected chi connectivity index (χ4v) is 3.65. The third kappa shape index (κ3) is 1.02. The SMILES string of the molecule is O=C1CCC[C@H]2[C@@H]1[C@H]1C=C[C@@H]2CC1. The summed E-state index contributed by atoms with van der Waals surface area (Å²) in [5, 5.41) is 0. The molecule has 1 heteroatoms. The Morgan fingerprint density at radius 1 is 1.08 bits per heavy atom. The molecule has 0 aliphatic heterocycles. The zero-order valence-corrected chi connectivity index (χ0v) is 7.91. The van der Waals surface area contributed by atoms with Gasteiger partial charge in [-0.2, -0.15) is 0 Å². The molecule has 0 aromatic carbocycles. The van der Waals surface area contributed by atoms with Gasteiger partial charge in [0.15, 0.2) is 0 Å². The minimum atomic E-state index is 0.428. The number of hydrogen-bond donors (Lipinski definition) is 0. The monoisotopic (exact) mass is 176 g/mol. The van der Waals surface area contributed by atoms with Crippen LogP contribution in [0.25, 0.3) is 0 Å². The van der Waals surface area contributed by atoms with Crippen LogP contribution < -0.4 is 0 Å². The molecule has 0 N–H and O–H groups in total. The van der Waals surface area contributed by atoms with Gasteiger partial charge < -0.3 is 0 Å². The van der Waals surface area contributed by atoms with Crippen LogP contribution in [0.1, 0.15) is 32.1 Å². The van der Waals surface area contributed by atoms with Gasteiger partial charge in [0.25, 0.3) is 0 Å². The summed E-state index contributed by atoms with van der Waals surface area (Å²) in [4.78, 5) is 11.8. The highest BCUT2D eigenvalue weighted by Gasteiger charge is 2.45. The van der Waals surface area contributed by atoms with Crippen molar-refractivity contribution in [3.63, 3.8) is 0 Å². The molecule has 0 spiro atoms. The molecule has 0 aromatic rings. The van der Waals surface area contributed by atoms with Crippen LogP contribution in [0.5, 0.6) is 0 Å². The summed E-state index contributed by atoms with van der Waals surface area (Å²) in [7, 11) is 0. The van der Waals surface area contributed by atoms with Gasteiger partial charge in [0, 0.05) is 12.3 Å². The molecule has 2 bridgehead atoms. The Bertz CT molecular complexity index is 266. The summed E-state index contributed by atoms with van der Waals surface area (Å²) in [5.74, 6) is 3.08. The van der Waals surface area contributed by atoms with E-state index in [1.807, 2.05) is 0 Å². The normalized spacial score (nSPS) is 47.8. The van der Waals surface area contributed by atoms with E-state index in [0.29, 0.717) is 17.6 Å². The lowest BCUT2D eigenvalue weighted by Gasteiger charge is -2.46. The molecule has 0 heterocycles. The van der Waals surface area contributed by atoms with Crippen LogP contribution in [-0.2, 0) is 4.79 Å². The molecule has 0 radical (unpaired) electrons. The highest BCUT2D eigenvalue weighted by molar-refractivity contribution is 5.83. The van der Waals surface area contributed by atoms with Crippen molar-refractivity contribution < 1.29 is 4.79 Å². The third-order valence-electron chi connectivity index (χ3n) is 4.24. The number of hydrogen-bond acceptors (Lipinski definition) is 1. The fourth-order valence-electron chi connectivity index (χ4n) is 3.65. The molecule has 0 aromatic heterocycles. The number of Topliss-reactive ketones (excluding diaryl/α,β-unsaturated/α-hetero) is 1. The molecule has 4 atom stereocenters. The summed E-state index contributed by atoms with van der Waals surface area (Å²) in [5.41, 5.74) is 0. The van der Waals surface area contributed by atoms with Gasteiger partial charge >= 0.3 is 0 Å². The smallest absolute Gasteiger partial charge is 0.136 e. The van der Waals surface area contributed by atoms with E-state index in [9.17, 15) is 4.79 Å². The highest BCUT2D eigenvalue weighted by atomic mass is 16.1. The van der Waals surface area contributed by atoms with E-state index < -0.39 is 0 Å². The maximum absolute atomic E-state index is 11.8. The highest BCUT2D eigenvalue weighted by Crippen LogP contribution is 2.49. The Balaban J connectivity index is 1.96. The van der Waals surface area contributed by atoms with E-state index in [-0.39, 0.29) is 0 Å². The van der Waals surface area contributed by atoms with Gasteiger partial charge in [0.1, 0.15) is 5.78 Å². The van der Waals surface area contributed by atoms with Crippen molar-refractivity contribution in [2.75, 3.05) is 0 Å². The van der Waals surface area contributed by atoms with E-state index in [4.69, 9.17) is 0 Å². The van der Waals surface area contributed by atoms with E-state index in [0.717, 1.165) is 24.7 Å². The van der Waals surface area contributed by atoms with Gasteiger partial charge in [-0.3, -0.25) is 4.79 Å². The number of allylic oxidation sites excluding steroid dienone is 2. The van der Waals surface area contributed by atoms with Crippen molar-refractivity contribution in [2.45, 2.75) is 32.1 Å². The van der Waals surface area contributed by atoms with Crippen LogP contribution in [-0.4, -0.2) is 5.78 Å². The van der Waals surface area contributed by atoms with Crippen molar-refractivity contribution in [3.05, 3.63) is 12.2 Å². The molecule has 4 aliphatic carbocycles. The molecule has 70 valence electrons. The van der Waals surface area contributed by atoms with Gasteiger partial charge in [-0.25, -0.2) is 0 Å². The Morgan fingerprint density at radius 3 is 2.54 bits per heavy atom.